The number of ether oxygens (including phenoxy) is 1. The molecule has 0 saturated heterocycles. The summed E-state index contributed by atoms with van der Waals surface area (Å²) in [5.41, 5.74) is 9.63. The minimum Gasteiger partial charge on any atom is -0.465 e. The molecule has 0 aliphatic rings. The summed E-state index contributed by atoms with van der Waals surface area (Å²) in [6, 6.07) is 13.7. The van der Waals surface area contributed by atoms with Crippen LogP contribution in [0.2, 0.25) is 0 Å². The zero-order chi connectivity index (χ0) is 14.5. The molecule has 2 aromatic carbocycles. The molecule has 0 saturated carbocycles. The molecule has 0 amide bonds. The Balaban J connectivity index is 2.20. The molecule has 0 fully saturated rings. The summed E-state index contributed by atoms with van der Waals surface area (Å²) in [6.07, 6.45) is 0. The maximum Gasteiger partial charge on any atom is 0.340 e. The Hall–Kier alpha value is -2.49. The highest BCUT2D eigenvalue weighted by Gasteiger charge is 2.13. The number of hydrogen-bond acceptors (Lipinski definition) is 4. The Kier molecular flexibility index (Phi) is 4.25. The van der Waals surface area contributed by atoms with Gasteiger partial charge in [-0.3, -0.25) is 0 Å². The van der Waals surface area contributed by atoms with Crippen molar-refractivity contribution >= 4 is 17.3 Å². The highest BCUT2D eigenvalue weighted by Crippen LogP contribution is 2.24. The van der Waals surface area contributed by atoms with Crippen molar-refractivity contribution in [1.29, 1.82) is 0 Å². The Morgan fingerprint density at radius 1 is 1.25 bits per heavy atom. The predicted octanol–water partition coefficient (Wildman–Crippen LogP) is 2.98. The van der Waals surface area contributed by atoms with Crippen LogP contribution >= 0.6 is 0 Å². The van der Waals surface area contributed by atoms with E-state index in [0.717, 1.165) is 11.3 Å². The Bertz CT molecular complexity index is 609. The number of aryl methyl sites for hydroxylation is 1. The molecule has 4 heteroatoms. The maximum absolute atomic E-state index is 11.7. The number of carbonyl (C=O) groups is 1. The van der Waals surface area contributed by atoms with Crippen molar-refractivity contribution in [2.24, 2.45) is 0 Å². The van der Waals surface area contributed by atoms with E-state index in [-0.39, 0.29) is 0 Å². The van der Waals surface area contributed by atoms with Crippen molar-refractivity contribution < 1.29 is 9.53 Å². The molecular formula is C16H18N2O2. The number of rotatable bonds is 4. The van der Waals surface area contributed by atoms with Crippen molar-refractivity contribution in [3.8, 4) is 0 Å². The van der Waals surface area contributed by atoms with Crippen LogP contribution in [0.1, 0.15) is 21.5 Å². The van der Waals surface area contributed by atoms with Crippen LogP contribution < -0.4 is 11.1 Å². The van der Waals surface area contributed by atoms with Gasteiger partial charge in [-0.05, 0) is 30.2 Å². The van der Waals surface area contributed by atoms with Crippen molar-refractivity contribution in [3.05, 3.63) is 59.2 Å². The Morgan fingerprint density at radius 2 is 1.95 bits per heavy atom. The second-order valence-corrected chi connectivity index (χ2v) is 4.59. The van der Waals surface area contributed by atoms with E-state index in [1.807, 2.05) is 43.3 Å². The average Bonchev–Trinajstić information content (AvgIpc) is 2.48. The van der Waals surface area contributed by atoms with Gasteiger partial charge in [-0.2, -0.15) is 0 Å². The number of anilines is 2. The van der Waals surface area contributed by atoms with Gasteiger partial charge < -0.3 is 15.8 Å². The van der Waals surface area contributed by atoms with E-state index in [9.17, 15) is 4.79 Å². The lowest BCUT2D eigenvalue weighted by molar-refractivity contribution is 0.0602. The number of nitrogens with one attached hydrogen (secondary N) is 1. The lowest BCUT2D eigenvalue weighted by Gasteiger charge is -2.12. The lowest BCUT2D eigenvalue weighted by atomic mass is 10.1. The van der Waals surface area contributed by atoms with Gasteiger partial charge in [0.1, 0.15) is 0 Å². The molecule has 4 nitrogen and oxygen atoms in total. The summed E-state index contributed by atoms with van der Waals surface area (Å²) < 4.78 is 4.74. The second-order valence-electron chi connectivity index (χ2n) is 4.59. The second kappa shape index (κ2) is 6.10. The van der Waals surface area contributed by atoms with E-state index >= 15 is 0 Å². The van der Waals surface area contributed by atoms with Crippen molar-refractivity contribution in [2.45, 2.75) is 13.5 Å². The van der Waals surface area contributed by atoms with Gasteiger partial charge in [-0.15, -0.1) is 0 Å². The summed E-state index contributed by atoms with van der Waals surface area (Å²) in [5, 5.41) is 3.29. The fourth-order valence-electron chi connectivity index (χ4n) is 1.98. The summed E-state index contributed by atoms with van der Waals surface area (Å²) in [4.78, 5) is 11.7. The average molecular weight is 270 g/mol. The van der Waals surface area contributed by atoms with Crippen molar-refractivity contribution in [3.63, 3.8) is 0 Å². The predicted molar refractivity (Wildman–Crippen MR) is 80.7 cm³/mol. The van der Waals surface area contributed by atoms with Crippen LogP contribution in [0.15, 0.2) is 42.5 Å². The summed E-state index contributed by atoms with van der Waals surface area (Å²) in [5.74, 6) is -0.422. The molecule has 20 heavy (non-hydrogen) atoms. The number of benzene rings is 2. The number of carbonyl (C=O) groups excluding carboxylic acids is 1. The number of nitrogen functional groups attached to an aromatic ring is 1. The monoisotopic (exact) mass is 270 g/mol. The van der Waals surface area contributed by atoms with E-state index in [4.69, 9.17) is 10.5 Å². The van der Waals surface area contributed by atoms with Crippen LogP contribution in [-0.4, -0.2) is 13.1 Å². The van der Waals surface area contributed by atoms with Gasteiger partial charge in [0.2, 0.25) is 0 Å². The smallest absolute Gasteiger partial charge is 0.340 e. The van der Waals surface area contributed by atoms with E-state index in [2.05, 4.69) is 5.32 Å². The molecule has 0 spiro atoms. The zero-order valence-electron chi connectivity index (χ0n) is 11.6. The standard InChI is InChI=1S/C16H18N2O2/c1-11-8-13(9-14(15(11)17)16(19)20-2)18-10-12-6-4-3-5-7-12/h3-9,18H,10,17H2,1-2H3. The van der Waals surface area contributed by atoms with Gasteiger partial charge in [0.25, 0.3) is 0 Å². The van der Waals surface area contributed by atoms with Crippen LogP contribution in [0.25, 0.3) is 0 Å². The molecule has 0 atom stereocenters. The van der Waals surface area contributed by atoms with Gasteiger partial charge in [0.05, 0.1) is 12.7 Å². The van der Waals surface area contributed by atoms with Crippen molar-refractivity contribution in [1.82, 2.24) is 0 Å². The first-order chi connectivity index (χ1) is 9.61. The molecule has 0 radical (unpaired) electrons. The topological polar surface area (TPSA) is 64.3 Å². The molecule has 2 rings (SSSR count). The third kappa shape index (κ3) is 3.09. The van der Waals surface area contributed by atoms with Gasteiger partial charge >= 0.3 is 5.97 Å². The Morgan fingerprint density at radius 3 is 2.60 bits per heavy atom. The van der Waals surface area contributed by atoms with E-state index in [1.165, 1.54) is 12.7 Å². The highest BCUT2D eigenvalue weighted by atomic mass is 16.5. The summed E-state index contributed by atoms with van der Waals surface area (Å²) in [7, 11) is 1.35. The minimum absolute atomic E-state index is 0.392. The molecule has 0 aromatic heterocycles. The molecule has 0 aliphatic heterocycles. The quantitative estimate of drug-likeness (QED) is 0.662. The third-order valence-corrected chi connectivity index (χ3v) is 3.13. The van der Waals surface area contributed by atoms with Gasteiger partial charge in [-0.1, -0.05) is 30.3 Å². The van der Waals surface area contributed by atoms with E-state index < -0.39 is 5.97 Å². The fraction of sp³-hybridized carbons (Fsp3) is 0.188. The van der Waals surface area contributed by atoms with Crippen LogP contribution in [0.4, 0.5) is 11.4 Å². The molecular weight excluding hydrogens is 252 g/mol. The number of esters is 1. The molecule has 104 valence electrons. The lowest BCUT2D eigenvalue weighted by Crippen LogP contribution is -2.09. The number of nitrogens with two attached hydrogens (primary N) is 1. The highest BCUT2D eigenvalue weighted by molar-refractivity contribution is 5.97. The van der Waals surface area contributed by atoms with Gasteiger partial charge in [0, 0.05) is 17.9 Å². The van der Waals surface area contributed by atoms with E-state index in [0.29, 0.717) is 17.8 Å². The van der Waals surface area contributed by atoms with Crippen molar-refractivity contribution in [2.75, 3.05) is 18.2 Å². The Labute approximate surface area is 118 Å². The summed E-state index contributed by atoms with van der Waals surface area (Å²) >= 11 is 0. The molecule has 3 N–H and O–H groups in total. The normalized spacial score (nSPS) is 10.1. The van der Waals surface area contributed by atoms with E-state index in [1.54, 1.807) is 6.07 Å². The van der Waals surface area contributed by atoms with Crippen LogP contribution in [0.3, 0.4) is 0 Å². The van der Waals surface area contributed by atoms with Gasteiger partial charge in [-0.25, -0.2) is 4.79 Å². The molecule has 2 aromatic rings. The first kappa shape index (κ1) is 13.9. The minimum atomic E-state index is -0.422. The zero-order valence-corrected chi connectivity index (χ0v) is 11.6. The van der Waals surface area contributed by atoms with Crippen LogP contribution in [0, 0.1) is 6.92 Å². The van der Waals surface area contributed by atoms with Gasteiger partial charge in [0.15, 0.2) is 0 Å². The molecule has 0 unspecified atom stereocenters. The first-order valence-corrected chi connectivity index (χ1v) is 6.38. The first-order valence-electron chi connectivity index (χ1n) is 6.38. The molecule has 0 heterocycles. The largest absolute Gasteiger partial charge is 0.465 e. The maximum atomic E-state index is 11.7. The summed E-state index contributed by atoms with van der Waals surface area (Å²) in [6.45, 7) is 2.56. The number of hydrogen-bond donors (Lipinski definition) is 2. The van der Waals surface area contributed by atoms with Crippen LogP contribution in [-0.2, 0) is 11.3 Å². The number of methoxy groups -OCH3 is 1. The third-order valence-electron chi connectivity index (χ3n) is 3.13. The molecule has 0 aliphatic carbocycles. The fourth-order valence-corrected chi connectivity index (χ4v) is 1.98. The van der Waals surface area contributed by atoms with Crippen LogP contribution in [0.5, 0.6) is 0 Å². The molecule has 0 bridgehead atoms. The SMILES string of the molecule is COC(=O)c1cc(NCc2ccccc2)cc(C)c1N.